The average Bonchev–Trinajstić information content (AvgIpc) is 3.18. The number of thioether (sulfide) groups is 1. The molecule has 1 amide bonds. The molecule has 0 bridgehead atoms. The van der Waals surface area contributed by atoms with Crippen LogP contribution in [0.5, 0.6) is 0 Å². The lowest BCUT2D eigenvalue weighted by molar-refractivity contribution is -0.113. The van der Waals surface area contributed by atoms with Crippen molar-refractivity contribution in [2.75, 3.05) is 11.1 Å². The van der Waals surface area contributed by atoms with Gasteiger partial charge >= 0.3 is 0 Å². The quantitative estimate of drug-likeness (QED) is 0.587. The van der Waals surface area contributed by atoms with Gasteiger partial charge in [-0.25, -0.2) is 4.39 Å². The van der Waals surface area contributed by atoms with Crippen molar-refractivity contribution in [2.24, 2.45) is 5.92 Å². The standard InChI is InChI=1S/C19H23FN6OS/c1-11(2)9-26-18(14-7-5-6-8-15(14)20)24-25-19(26)28-10-16(27)21-17-12(3)22-23-13(17)4/h5-8,11H,9-10H2,1-4H3,(H,21,27)(H,22,23). The predicted octanol–water partition coefficient (Wildman–Crippen LogP) is 3.81. The molecular formula is C19H23FN6OS. The molecule has 1 aromatic carbocycles. The molecule has 2 N–H and O–H groups in total. The third-order valence-corrected chi connectivity index (χ3v) is 5.07. The maximum absolute atomic E-state index is 14.2. The maximum Gasteiger partial charge on any atom is 0.234 e. The van der Waals surface area contributed by atoms with Crippen molar-refractivity contribution in [1.29, 1.82) is 0 Å². The Morgan fingerprint density at radius 1 is 1.29 bits per heavy atom. The van der Waals surface area contributed by atoms with E-state index < -0.39 is 0 Å². The van der Waals surface area contributed by atoms with Gasteiger partial charge < -0.3 is 9.88 Å². The van der Waals surface area contributed by atoms with Crippen LogP contribution in [-0.2, 0) is 11.3 Å². The fourth-order valence-electron chi connectivity index (χ4n) is 2.81. The molecule has 2 aromatic heterocycles. The lowest BCUT2D eigenvalue weighted by Crippen LogP contribution is -2.16. The monoisotopic (exact) mass is 402 g/mol. The van der Waals surface area contributed by atoms with Gasteiger partial charge in [-0.2, -0.15) is 5.10 Å². The minimum Gasteiger partial charge on any atom is -0.322 e. The molecule has 0 saturated heterocycles. The molecule has 0 unspecified atom stereocenters. The molecule has 9 heteroatoms. The van der Waals surface area contributed by atoms with Crippen LogP contribution in [0.2, 0.25) is 0 Å². The Bertz CT molecular complexity index is 961. The third kappa shape index (κ3) is 4.41. The number of aromatic nitrogens is 5. The van der Waals surface area contributed by atoms with E-state index in [0.717, 1.165) is 11.4 Å². The van der Waals surface area contributed by atoms with Crippen LogP contribution in [-0.4, -0.2) is 36.6 Å². The van der Waals surface area contributed by atoms with Gasteiger partial charge in [0.2, 0.25) is 5.91 Å². The Labute approximate surface area is 167 Å². The number of aryl methyl sites for hydroxylation is 2. The van der Waals surface area contributed by atoms with Crippen LogP contribution < -0.4 is 5.32 Å². The number of hydrogen-bond donors (Lipinski definition) is 2. The van der Waals surface area contributed by atoms with Crippen molar-refractivity contribution in [3.8, 4) is 11.4 Å². The Hall–Kier alpha value is -2.68. The molecule has 0 atom stereocenters. The Morgan fingerprint density at radius 2 is 2.04 bits per heavy atom. The maximum atomic E-state index is 14.2. The number of benzene rings is 1. The molecule has 2 heterocycles. The topological polar surface area (TPSA) is 88.5 Å². The Morgan fingerprint density at radius 3 is 2.68 bits per heavy atom. The molecular weight excluding hydrogens is 379 g/mol. The van der Waals surface area contributed by atoms with Gasteiger partial charge in [-0.1, -0.05) is 37.7 Å². The molecule has 0 aliphatic heterocycles. The molecule has 0 fully saturated rings. The summed E-state index contributed by atoms with van der Waals surface area (Å²) in [5.74, 6) is 0.434. The van der Waals surface area contributed by atoms with Crippen LogP contribution in [0.1, 0.15) is 25.2 Å². The molecule has 148 valence electrons. The van der Waals surface area contributed by atoms with Gasteiger partial charge in [0, 0.05) is 6.54 Å². The first-order chi connectivity index (χ1) is 13.4. The fourth-order valence-corrected chi connectivity index (χ4v) is 3.56. The number of halogens is 1. The highest BCUT2D eigenvalue weighted by atomic mass is 32.2. The molecule has 3 rings (SSSR count). The van der Waals surface area contributed by atoms with Crippen LogP contribution >= 0.6 is 11.8 Å². The van der Waals surface area contributed by atoms with E-state index in [4.69, 9.17) is 0 Å². The number of anilines is 1. The highest BCUT2D eigenvalue weighted by Crippen LogP contribution is 2.27. The number of aromatic amines is 1. The van der Waals surface area contributed by atoms with Crippen LogP contribution in [0.3, 0.4) is 0 Å². The van der Waals surface area contributed by atoms with Gasteiger partial charge in [0.25, 0.3) is 0 Å². The van der Waals surface area contributed by atoms with Gasteiger partial charge in [-0.3, -0.25) is 9.89 Å². The predicted molar refractivity (Wildman–Crippen MR) is 108 cm³/mol. The third-order valence-electron chi connectivity index (χ3n) is 4.10. The normalized spacial score (nSPS) is 11.2. The van der Waals surface area contributed by atoms with Gasteiger partial charge in [0.15, 0.2) is 11.0 Å². The van der Waals surface area contributed by atoms with Crippen molar-refractivity contribution in [3.63, 3.8) is 0 Å². The highest BCUT2D eigenvalue weighted by Gasteiger charge is 2.19. The van der Waals surface area contributed by atoms with E-state index in [1.807, 2.05) is 18.4 Å². The molecule has 0 aliphatic rings. The number of amides is 1. The molecule has 3 aromatic rings. The molecule has 7 nitrogen and oxygen atoms in total. The summed E-state index contributed by atoms with van der Waals surface area (Å²) in [5, 5.41) is 18.8. The lowest BCUT2D eigenvalue weighted by Gasteiger charge is -2.13. The summed E-state index contributed by atoms with van der Waals surface area (Å²) >= 11 is 1.28. The van der Waals surface area contributed by atoms with Crippen molar-refractivity contribution >= 4 is 23.4 Å². The zero-order valence-electron chi connectivity index (χ0n) is 16.3. The van der Waals surface area contributed by atoms with Crippen molar-refractivity contribution in [2.45, 2.75) is 39.4 Å². The molecule has 0 radical (unpaired) electrons. The second kappa shape index (κ2) is 8.55. The van der Waals surface area contributed by atoms with E-state index in [1.165, 1.54) is 17.8 Å². The van der Waals surface area contributed by atoms with Crippen molar-refractivity contribution in [3.05, 3.63) is 41.5 Å². The van der Waals surface area contributed by atoms with Crippen LogP contribution in [0, 0.1) is 25.6 Å². The highest BCUT2D eigenvalue weighted by molar-refractivity contribution is 7.99. The van der Waals surface area contributed by atoms with Gasteiger partial charge in [0.1, 0.15) is 5.82 Å². The number of rotatable bonds is 7. The second-order valence-electron chi connectivity index (χ2n) is 6.94. The zero-order valence-corrected chi connectivity index (χ0v) is 17.1. The second-order valence-corrected chi connectivity index (χ2v) is 7.88. The van der Waals surface area contributed by atoms with Crippen LogP contribution in [0.4, 0.5) is 10.1 Å². The van der Waals surface area contributed by atoms with E-state index in [0.29, 0.717) is 34.7 Å². The smallest absolute Gasteiger partial charge is 0.234 e. The van der Waals surface area contributed by atoms with Crippen molar-refractivity contribution in [1.82, 2.24) is 25.0 Å². The van der Waals surface area contributed by atoms with Gasteiger partial charge in [-0.05, 0) is 31.9 Å². The van der Waals surface area contributed by atoms with Crippen molar-refractivity contribution < 1.29 is 9.18 Å². The first-order valence-corrected chi connectivity index (χ1v) is 9.97. The van der Waals surface area contributed by atoms with Gasteiger partial charge in [0.05, 0.1) is 28.4 Å². The largest absolute Gasteiger partial charge is 0.322 e. The first kappa shape index (κ1) is 20.1. The lowest BCUT2D eigenvalue weighted by atomic mass is 10.2. The number of nitrogens with one attached hydrogen (secondary N) is 2. The van der Waals surface area contributed by atoms with E-state index in [-0.39, 0.29) is 17.5 Å². The summed E-state index contributed by atoms with van der Waals surface area (Å²) < 4.78 is 16.1. The zero-order chi connectivity index (χ0) is 20.3. The number of nitrogens with zero attached hydrogens (tertiary/aromatic N) is 4. The number of hydrogen-bond acceptors (Lipinski definition) is 5. The average molecular weight is 402 g/mol. The summed E-state index contributed by atoms with van der Waals surface area (Å²) in [7, 11) is 0. The van der Waals surface area contributed by atoms with Crippen LogP contribution in [0.25, 0.3) is 11.4 Å². The summed E-state index contributed by atoms with van der Waals surface area (Å²) in [5.41, 5.74) is 2.64. The summed E-state index contributed by atoms with van der Waals surface area (Å²) in [4.78, 5) is 12.4. The van der Waals surface area contributed by atoms with Crippen LogP contribution in [0.15, 0.2) is 29.4 Å². The van der Waals surface area contributed by atoms with E-state index in [1.54, 1.807) is 18.2 Å². The van der Waals surface area contributed by atoms with E-state index in [2.05, 4.69) is 39.6 Å². The first-order valence-electron chi connectivity index (χ1n) is 8.99. The summed E-state index contributed by atoms with van der Waals surface area (Å²) in [6.45, 7) is 8.43. The number of carbonyl (C=O) groups is 1. The molecule has 0 aliphatic carbocycles. The minimum absolute atomic E-state index is 0.163. The summed E-state index contributed by atoms with van der Waals surface area (Å²) in [6.07, 6.45) is 0. The van der Waals surface area contributed by atoms with E-state index >= 15 is 0 Å². The Kier molecular flexibility index (Phi) is 6.13. The van der Waals surface area contributed by atoms with Gasteiger partial charge in [-0.15, -0.1) is 10.2 Å². The molecule has 28 heavy (non-hydrogen) atoms. The SMILES string of the molecule is Cc1n[nH]c(C)c1NC(=O)CSc1nnc(-c2ccccc2F)n1CC(C)C. The van der Waals surface area contributed by atoms with E-state index in [9.17, 15) is 9.18 Å². The Balaban J connectivity index is 1.78. The number of carbonyl (C=O) groups excluding carboxylic acids is 1. The molecule has 0 spiro atoms. The summed E-state index contributed by atoms with van der Waals surface area (Å²) in [6, 6.07) is 6.49. The minimum atomic E-state index is -0.347. The number of H-pyrrole nitrogens is 1. The molecule has 0 saturated carbocycles. The fraction of sp³-hybridized carbons (Fsp3) is 0.368.